The predicted octanol–water partition coefficient (Wildman–Crippen LogP) is -1.10. The lowest BCUT2D eigenvalue weighted by Crippen LogP contribution is -2.38. The minimum atomic E-state index is -0.411. The van der Waals surface area contributed by atoms with Crippen LogP contribution >= 0.6 is 12.4 Å². The third kappa shape index (κ3) is 21.5. The quantitative estimate of drug-likeness (QED) is 0.0824. The van der Waals surface area contributed by atoms with Gasteiger partial charge in [-0.1, -0.05) is 5.16 Å². The highest BCUT2D eigenvalue weighted by Crippen LogP contribution is 1.85. The molecular formula is C12H27ClN6O6. The van der Waals surface area contributed by atoms with Crippen LogP contribution in [0.4, 0.5) is 0 Å². The van der Waals surface area contributed by atoms with E-state index >= 15 is 0 Å². The minimum absolute atomic E-state index is 0. The van der Waals surface area contributed by atoms with Crippen LogP contribution in [0.25, 0.3) is 0 Å². The third-order valence-corrected chi connectivity index (χ3v) is 2.01. The number of nitriles is 1. The Morgan fingerprint density at radius 3 is 1.84 bits per heavy atom. The molecular weight excluding hydrogens is 360 g/mol. The van der Waals surface area contributed by atoms with E-state index in [2.05, 4.69) is 20.5 Å². The second-order valence-corrected chi connectivity index (χ2v) is 3.88. The number of carbonyl (C=O) groups is 2. The highest BCUT2D eigenvalue weighted by molar-refractivity contribution is 5.85. The molecule has 0 heterocycles. The molecule has 0 saturated heterocycles. The number of ether oxygens (including phenoxy) is 2. The Hall–Kier alpha value is -2.49. The lowest BCUT2D eigenvalue weighted by atomic mass is 10.6. The van der Waals surface area contributed by atoms with Crippen molar-refractivity contribution in [1.29, 1.82) is 5.26 Å². The SMILES string of the molecule is CCOC(=O)CN(C)/C(N)=N/O.CCOC(=O)CN(C)C#N.Cl.NO. The molecule has 0 aliphatic carbocycles. The standard InChI is InChI=1S/C6H13N3O3.C6H10N2O2.ClH.H3NO/c1-3-12-5(10)4-9(2)6(7)8-11;1-3-10-6(9)4-8(2)5-7;;1-2/h11H,3-4H2,1-2H3,(H2,7,8);3-4H2,1-2H3;1H;2H,1H2. The molecule has 0 bridgehead atoms. The summed E-state index contributed by atoms with van der Waals surface area (Å²) in [6.45, 7) is 4.13. The molecule has 0 unspecified atom stereocenters. The molecule has 0 aromatic heterocycles. The number of nitrogens with two attached hydrogens (primary N) is 2. The van der Waals surface area contributed by atoms with E-state index in [1.807, 2.05) is 0 Å². The lowest BCUT2D eigenvalue weighted by molar-refractivity contribution is -0.144. The summed E-state index contributed by atoms with van der Waals surface area (Å²) in [5.41, 5.74) is 5.18. The van der Waals surface area contributed by atoms with Gasteiger partial charge in [-0.05, 0) is 13.8 Å². The van der Waals surface area contributed by atoms with E-state index in [0.29, 0.717) is 13.2 Å². The Morgan fingerprint density at radius 2 is 1.52 bits per heavy atom. The van der Waals surface area contributed by atoms with Gasteiger partial charge in [-0.15, -0.1) is 12.4 Å². The average Bonchev–Trinajstić information content (AvgIpc) is 2.56. The summed E-state index contributed by atoms with van der Waals surface area (Å²) < 4.78 is 9.22. The number of oxime groups is 1. The molecule has 25 heavy (non-hydrogen) atoms. The van der Waals surface area contributed by atoms with Crippen LogP contribution < -0.4 is 11.6 Å². The zero-order valence-corrected chi connectivity index (χ0v) is 15.5. The molecule has 0 atom stereocenters. The Balaban J connectivity index is -0.000000156. The van der Waals surface area contributed by atoms with Gasteiger partial charge in [-0.3, -0.25) is 9.59 Å². The van der Waals surface area contributed by atoms with Crippen molar-refractivity contribution in [1.82, 2.24) is 9.80 Å². The smallest absolute Gasteiger partial charge is 0.326 e. The third-order valence-electron chi connectivity index (χ3n) is 2.01. The van der Waals surface area contributed by atoms with Crippen LogP contribution in [-0.2, 0) is 19.1 Å². The number of likely N-dealkylation sites (N-methyl/N-ethyl adjacent to an activating group) is 2. The Bertz CT molecular complexity index is 417. The van der Waals surface area contributed by atoms with Crippen LogP contribution in [0.1, 0.15) is 13.8 Å². The number of guanidine groups is 1. The number of nitrogens with zero attached hydrogens (tertiary/aromatic N) is 4. The highest BCUT2D eigenvalue weighted by Gasteiger charge is 2.08. The van der Waals surface area contributed by atoms with E-state index in [0.717, 1.165) is 0 Å². The topological polar surface area (TPSA) is 188 Å². The average molecular weight is 387 g/mol. The first-order chi connectivity index (χ1) is 11.3. The molecule has 0 saturated carbocycles. The molecule has 0 fully saturated rings. The van der Waals surface area contributed by atoms with Crippen molar-refractivity contribution in [3.05, 3.63) is 0 Å². The van der Waals surface area contributed by atoms with Crippen LogP contribution in [0.5, 0.6) is 0 Å². The summed E-state index contributed by atoms with van der Waals surface area (Å²) in [5, 5.41) is 25.7. The summed E-state index contributed by atoms with van der Waals surface area (Å²) in [6.07, 6.45) is 1.79. The van der Waals surface area contributed by atoms with E-state index < -0.39 is 5.97 Å². The molecule has 0 aromatic rings. The Morgan fingerprint density at radius 1 is 1.12 bits per heavy atom. The molecule has 0 aliphatic heterocycles. The number of halogens is 1. The van der Waals surface area contributed by atoms with E-state index in [9.17, 15) is 9.59 Å². The molecule has 0 rings (SSSR count). The van der Waals surface area contributed by atoms with Crippen molar-refractivity contribution >= 4 is 30.3 Å². The van der Waals surface area contributed by atoms with Gasteiger partial charge in [0.25, 0.3) is 0 Å². The fourth-order valence-corrected chi connectivity index (χ4v) is 0.993. The lowest BCUT2D eigenvalue weighted by Gasteiger charge is -2.14. The number of carbonyl (C=O) groups excluding carboxylic acids is 2. The molecule has 148 valence electrons. The highest BCUT2D eigenvalue weighted by atomic mass is 35.5. The summed E-state index contributed by atoms with van der Waals surface area (Å²) in [7, 11) is 3.04. The van der Waals surface area contributed by atoms with Crippen molar-refractivity contribution in [2.24, 2.45) is 16.8 Å². The predicted molar refractivity (Wildman–Crippen MR) is 90.8 cm³/mol. The number of hydrogen-bond donors (Lipinski definition) is 4. The van der Waals surface area contributed by atoms with Crippen LogP contribution in [0, 0.1) is 11.5 Å². The number of esters is 2. The molecule has 0 aliphatic rings. The van der Waals surface area contributed by atoms with Crippen LogP contribution in [0.2, 0.25) is 0 Å². The minimum Gasteiger partial charge on any atom is -0.465 e. The largest absolute Gasteiger partial charge is 0.465 e. The second-order valence-electron chi connectivity index (χ2n) is 3.88. The molecule has 0 amide bonds. The molecule has 12 nitrogen and oxygen atoms in total. The maximum absolute atomic E-state index is 10.8. The first kappa shape index (κ1) is 30.4. The summed E-state index contributed by atoms with van der Waals surface area (Å²) >= 11 is 0. The van der Waals surface area contributed by atoms with Gasteiger partial charge in [-0.2, -0.15) is 5.26 Å². The summed E-state index contributed by atoms with van der Waals surface area (Å²) in [5.74, 6) is 2.60. The van der Waals surface area contributed by atoms with Crippen LogP contribution in [0.15, 0.2) is 5.16 Å². The zero-order chi connectivity index (χ0) is 19.5. The molecule has 0 radical (unpaired) electrons. The first-order valence-electron chi connectivity index (χ1n) is 6.68. The number of hydrogen-bond acceptors (Lipinski definition) is 10. The second kappa shape index (κ2) is 21.5. The van der Waals surface area contributed by atoms with Crippen molar-refractivity contribution in [2.45, 2.75) is 13.8 Å². The molecule has 0 aromatic carbocycles. The van der Waals surface area contributed by atoms with Gasteiger partial charge in [0, 0.05) is 14.1 Å². The van der Waals surface area contributed by atoms with Gasteiger partial charge < -0.3 is 35.4 Å². The van der Waals surface area contributed by atoms with Gasteiger partial charge in [0.2, 0.25) is 5.96 Å². The summed E-state index contributed by atoms with van der Waals surface area (Å²) in [4.78, 5) is 23.9. The van der Waals surface area contributed by atoms with Crippen molar-refractivity contribution < 1.29 is 29.5 Å². The Labute approximate surface area is 152 Å². The van der Waals surface area contributed by atoms with Gasteiger partial charge in [0.15, 0.2) is 6.19 Å². The maximum atomic E-state index is 10.8. The van der Waals surface area contributed by atoms with E-state index in [-0.39, 0.29) is 37.4 Å². The molecule has 13 heteroatoms. The van der Waals surface area contributed by atoms with E-state index in [1.54, 1.807) is 20.0 Å². The molecule has 6 N–H and O–H groups in total. The van der Waals surface area contributed by atoms with Crippen molar-refractivity contribution in [3.8, 4) is 6.19 Å². The van der Waals surface area contributed by atoms with Crippen molar-refractivity contribution in [3.63, 3.8) is 0 Å². The van der Waals surface area contributed by atoms with E-state index in [1.165, 1.54) is 23.9 Å². The maximum Gasteiger partial charge on any atom is 0.326 e. The van der Waals surface area contributed by atoms with Crippen molar-refractivity contribution in [2.75, 3.05) is 40.4 Å². The van der Waals surface area contributed by atoms with Crippen LogP contribution in [-0.4, -0.2) is 78.5 Å². The Kier molecular flexibility index (Phi) is 26.2. The first-order valence-corrected chi connectivity index (χ1v) is 6.68. The normalized spacial score (nSPS) is 8.76. The fraction of sp³-hybridized carbons (Fsp3) is 0.667. The monoisotopic (exact) mass is 386 g/mol. The van der Waals surface area contributed by atoms with Gasteiger partial charge in [-0.25, -0.2) is 5.90 Å². The van der Waals surface area contributed by atoms with Gasteiger partial charge in [0.05, 0.1) is 13.2 Å². The van der Waals surface area contributed by atoms with Gasteiger partial charge >= 0.3 is 11.9 Å². The van der Waals surface area contributed by atoms with E-state index in [4.69, 9.17) is 21.4 Å². The zero-order valence-electron chi connectivity index (χ0n) is 14.7. The molecule has 0 spiro atoms. The van der Waals surface area contributed by atoms with Gasteiger partial charge in [0.1, 0.15) is 13.1 Å². The number of rotatable bonds is 6. The van der Waals surface area contributed by atoms with Crippen LogP contribution in [0.3, 0.4) is 0 Å². The fourth-order valence-electron chi connectivity index (χ4n) is 0.993. The summed E-state index contributed by atoms with van der Waals surface area (Å²) in [6, 6.07) is 0.